The van der Waals surface area contributed by atoms with Gasteiger partial charge in [-0.1, -0.05) is 0 Å². The predicted octanol–water partition coefficient (Wildman–Crippen LogP) is 4.24. The van der Waals surface area contributed by atoms with Crippen molar-refractivity contribution in [1.82, 2.24) is 25.1 Å². The summed E-state index contributed by atoms with van der Waals surface area (Å²) in [5, 5.41) is 10.8. The Labute approximate surface area is 181 Å². The lowest BCUT2D eigenvalue weighted by Gasteiger charge is -2.25. The van der Waals surface area contributed by atoms with Gasteiger partial charge in [-0.3, -0.25) is 4.90 Å². The summed E-state index contributed by atoms with van der Waals surface area (Å²) in [5.41, 5.74) is 2.00. The smallest absolute Gasteiger partial charge is 0.283 e. The SMILES string of the molecule is Cc1occc1-c1nnc(Sc2nc(CN3CCOCC3)nc3sc(C)c(C)c23)o1. The van der Waals surface area contributed by atoms with Crippen molar-refractivity contribution in [2.75, 3.05) is 26.3 Å². The fourth-order valence-corrected chi connectivity index (χ4v) is 5.39. The van der Waals surface area contributed by atoms with Gasteiger partial charge in [0.2, 0.25) is 0 Å². The average Bonchev–Trinajstić information content (AvgIpc) is 3.43. The molecule has 1 fully saturated rings. The molecule has 8 nitrogen and oxygen atoms in total. The van der Waals surface area contributed by atoms with Gasteiger partial charge in [0.25, 0.3) is 11.1 Å². The lowest BCUT2D eigenvalue weighted by atomic mass is 10.2. The molecule has 30 heavy (non-hydrogen) atoms. The van der Waals surface area contributed by atoms with Gasteiger partial charge >= 0.3 is 0 Å². The first-order chi connectivity index (χ1) is 14.6. The maximum Gasteiger partial charge on any atom is 0.283 e. The van der Waals surface area contributed by atoms with E-state index in [2.05, 4.69) is 28.9 Å². The Kier molecular flexibility index (Phi) is 5.32. The zero-order valence-electron chi connectivity index (χ0n) is 17.0. The van der Waals surface area contributed by atoms with Gasteiger partial charge in [-0.25, -0.2) is 9.97 Å². The van der Waals surface area contributed by atoms with Crippen molar-refractivity contribution in [3.8, 4) is 11.5 Å². The molecule has 0 spiro atoms. The second kappa shape index (κ2) is 8.10. The number of hydrogen-bond donors (Lipinski definition) is 0. The van der Waals surface area contributed by atoms with Gasteiger partial charge < -0.3 is 13.6 Å². The molecule has 5 rings (SSSR count). The van der Waals surface area contributed by atoms with Gasteiger partial charge in [0.05, 0.1) is 31.6 Å². The minimum Gasteiger partial charge on any atom is -0.469 e. The van der Waals surface area contributed by atoms with E-state index < -0.39 is 0 Å². The van der Waals surface area contributed by atoms with Gasteiger partial charge in [-0.2, -0.15) is 0 Å². The van der Waals surface area contributed by atoms with E-state index in [1.807, 2.05) is 13.0 Å². The number of hydrogen-bond acceptors (Lipinski definition) is 10. The zero-order chi connectivity index (χ0) is 20.7. The fourth-order valence-electron chi connectivity index (χ4n) is 3.41. The van der Waals surface area contributed by atoms with Crippen LogP contribution in [0.15, 0.2) is 31.4 Å². The van der Waals surface area contributed by atoms with Crippen LogP contribution in [0.5, 0.6) is 0 Å². The van der Waals surface area contributed by atoms with E-state index in [-0.39, 0.29) is 0 Å². The number of furan rings is 1. The summed E-state index contributed by atoms with van der Waals surface area (Å²) in [6.07, 6.45) is 1.62. The van der Waals surface area contributed by atoms with Crippen molar-refractivity contribution in [2.24, 2.45) is 0 Å². The Bertz CT molecular complexity index is 1190. The number of nitrogens with zero attached hydrogens (tertiary/aromatic N) is 5. The van der Waals surface area contributed by atoms with E-state index in [0.29, 0.717) is 17.7 Å². The van der Waals surface area contributed by atoms with Gasteiger partial charge in [0.1, 0.15) is 21.4 Å². The molecule has 0 amide bonds. The fraction of sp³-hybridized carbons (Fsp3) is 0.400. The summed E-state index contributed by atoms with van der Waals surface area (Å²) in [6.45, 7) is 10.1. The second-order valence-electron chi connectivity index (χ2n) is 7.16. The van der Waals surface area contributed by atoms with Crippen LogP contribution >= 0.6 is 23.1 Å². The molecule has 156 valence electrons. The molecule has 0 N–H and O–H groups in total. The van der Waals surface area contributed by atoms with Crippen LogP contribution in [-0.2, 0) is 11.3 Å². The zero-order valence-corrected chi connectivity index (χ0v) is 18.6. The average molecular weight is 444 g/mol. The molecular weight excluding hydrogens is 422 g/mol. The maximum atomic E-state index is 5.90. The molecule has 10 heteroatoms. The lowest BCUT2D eigenvalue weighted by molar-refractivity contribution is 0.0330. The topological polar surface area (TPSA) is 90.3 Å². The van der Waals surface area contributed by atoms with E-state index in [4.69, 9.17) is 23.5 Å². The molecule has 1 saturated heterocycles. The third-order valence-electron chi connectivity index (χ3n) is 5.19. The molecule has 0 aliphatic carbocycles. The van der Waals surface area contributed by atoms with Crippen LogP contribution in [-0.4, -0.2) is 51.4 Å². The minimum atomic E-state index is 0.445. The number of fused-ring (bicyclic) bond motifs is 1. The summed E-state index contributed by atoms with van der Waals surface area (Å²) in [6, 6.07) is 1.83. The molecule has 0 radical (unpaired) electrons. The monoisotopic (exact) mass is 443 g/mol. The van der Waals surface area contributed by atoms with Crippen LogP contribution in [0.3, 0.4) is 0 Å². The molecule has 0 atom stereocenters. The lowest BCUT2D eigenvalue weighted by Crippen LogP contribution is -2.36. The van der Waals surface area contributed by atoms with E-state index in [1.165, 1.54) is 22.2 Å². The summed E-state index contributed by atoms with van der Waals surface area (Å²) < 4.78 is 16.7. The molecule has 1 aliphatic rings. The van der Waals surface area contributed by atoms with E-state index in [9.17, 15) is 0 Å². The summed E-state index contributed by atoms with van der Waals surface area (Å²) in [4.78, 5) is 14.3. The maximum absolute atomic E-state index is 5.90. The van der Waals surface area contributed by atoms with Crippen LogP contribution in [0, 0.1) is 20.8 Å². The number of morpholine rings is 1. The van der Waals surface area contributed by atoms with Crippen LogP contribution in [0.25, 0.3) is 21.7 Å². The van der Waals surface area contributed by atoms with Crippen LogP contribution < -0.4 is 0 Å². The molecule has 0 saturated carbocycles. The Hall–Kier alpha value is -2.27. The first-order valence-corrected chi connectivity index (χ1v) is 11.3. The van der Waals surface area contributed by atoms with Crippen molar-refractivity contribution >= 4 is 33.3 Å². The van der Waals surface area contributed by atoms with Crippen LogP contribution in [0.2, 0.25) is 0 Å². The predicted molar refractivity (Wildman–Crippen MR) is 114 cm³/mol. The molecule has 5 heterocycles. The Morgan fingerprint density at radius 3 is 2.73 bits per heavy atom. The number of aryl methyl sites for hydroxylation is 3. The highest BCUT2D eigenvalue weighted by Crippen LogP contribution is 2.38. The van der Waals surface area contributed by atoms with Crippen molar-refractivity contribution < 1.29 is 13.6 Å². The van der Waals surface area contributed by atoms with E-state index in [0.717, 1.165) is 58.7 Å². The molecule has 4 aromatic heterocycles. The Morgan fingerprint density at radius 2 is 1.97 bits per heavy atom. The van der Waals surface area contributed by atoms with Gasteiger partial charge in [-0.05, 0) is 44.2 Å². The van der Waals surface area contributed by atoms with E-state index >= 15 is 0 Å². The van der Waals surface area contributed by atoms with Gasteiger partial charge in [0, 0.05) is 23.4 Å². The van der Waals surface area contributed by atoms with E-state index in [1.54, 1.807) is 17.6 Å². The highest BCUT2D eigenvalue weighted by Gasteiger charge is 2.21. The van der Waals surface area contributed by atoms with Gasteiger partial charge in [0.15, 0.2) is 0 Å². The number of ether oxygens (including phenoxy) is 1. The van der Waals surface area contributed by atoms with Crippen molar-refractivity contribution in [2.45, 2.75) is 37.6 Å². The summed E-state index contributed by atoms with van der Waals surface area (Å²) in [7, 11) is 0. The minimum absolute atomic E-state index is 0.445. The molecular formula is C20H21N5O3S2. The normalized spacial score (nSPS) is 15.3. The molecule has 4 aromatic rings. The van der Waals surface area contributed by atoms with Gasteiger partial charge in [-0.15, -0.1) is 21.5 Å². The van der Waals surface area contributed by atoms with Crippen LogP contribution in [0.4, 0.5) is 0 Å². The summed E-state index contributed by atoms with van der Waals surface area (Å²) in [5.74, 6) is 2.00. The first-order valence-electron chi connectivity index (χ1n) is 9.71. The largest absolute Gasteiger partial charge is 0.469 e. The first kappa shape index (κ1) is 19.7. The second-order valence-corrected chi connectivity index (χ2v) is 9.31. The summed E-state index contributed by atoms with van der Waals surface area (Å²) >= 11 is 3.08. The Balaban J connectivity index is 1.49. The van der Waals surface area contributed by atoms with Crippen molar-refractivity contribution in [3.63, 3.8) is 0 Å². The number of aromatic nitrogens is 4. The third kappa shape index (κ3) is 3.76. The quantitative estimate of drug-likeness (QED) is 0.420. The van der Waals surface area contributed by atoms with Crippen molar-refractivity contribution in [3.05, 3.63) is 34.4 Å². The van der Waals surface area contributed by atoms with Crippen LogP contribution in [0.1, 0.15) is 22.0 Å². The molecule has 0 aromatic carbocycles. The number of thiophene rings is 1. The molecule has 1 aliphatic heterocycles. The molecule has 0 bridgehead atoms. The molecule has 0 unspecified atom stereocenters. The highest BCUT2D eigenvalue weighted by molar-refractivity contribution is 7.99. The van der Waals surface area contributed by atoms with Crippen molar-refractivity contribution in [1.29, 1.82) is 0 Å². The number of rotatable bonds is 5. The highest BCUT2D eigenvalue weighted by atomic mass is 32.2. The Morgan fingerprint density at radius 1 is 1.13 bits per heavy atom. The standard InChI is InChI=1S/C20H21N5O3S2/c1-11-13(3)29-18-16(11)19(22-15(21-18)10-25-5-8-26-9-6-25)30-20-24-23-17(28-20)14-4-7-27-12(14)2/h4,7H,5-6,8-10H2,1-3H3. The third-order valence-corrected chi connectivity index (χ3v) is 7.12.